The van der Waals surface area contributed by atoms with Gasteiger partial charge in [0, 0.05) is 19.3 Å². The Morgan fingerprint density at radius 3 is 3.35 bits per heavy atom. The summed E-state index contributed by atoms with van der Waals surface area (Å²) in [4.78, 5) is 9.09. The van der Waals surface area contributed by atoms with Crippen molar-refractivity contribution < 1.29 is 9.26 Å². The Morgan fingerprint density at radius 2 is 2.35 bits per heavy atom. The van der Waals surface area contributed by atoms with Gasteiger partial charge in [0.05, 0.1) is 18.2 Å². The fourth-order valence-electron chi connectivity index (χ4n) is 3.78. The molecule has 118 valence electrons. The van der Waals surface area contributed by atoms with Crippen LogP contribution < -0.4 is 5.32 Å². The van der Waals surface area contributed by atoms with Crippen LogP contribution in [0.1, 0.15) is 12.3 Å². The summed E-state index contributed by atoms with van der Waals surface area (Å²) in [5.41, 5.74) is 1.52. The van der Waals surface area contributed by atoms with Gasteiger partial charge in [-0.1, -0.05) is 11.2 Å². The van der Waals surface area contributed by atoms with Crippen molar-refractivity contribution in [2.24, 2.45) is 5.92 Å². The number of pyridine rings is 1. The molecule has 0 aliphatic carbocycles. The van der Waals surface area contributed by atoms with Crippen molar-refractivity contribution >= 4 is 5.65 Å². The van der Waals surface area contributed by atoms with Gasteiger partial charge in [0.1, 0.15) is 11.3 Å². The molecule has 0 bridgehead atoms. The first-order valence-corrected chi connectivity index (χ1v) is 7.92. The Hall–Kier alpha value is -2.25. The van der Waals surface area contributed by atoms with E-state index >= 15 is 0 Å². The molecular formula is C16H17N5O2. The third-order valence-electron chi connectivity index (χ3n) is 5.08. The Morgan fingerprint density at radius 1 is 1.35 bits per heavy atom. The largest absolute Gasteiger partial charge is 0.380 e. The van der Waals surface area contributed by atoms with Gasteiger partial charge in [-0.05, 0) is 31.0 Å². The highest BCUT2D eigenvalue weighted by Crippen LogP contribution is 2.40. The average molecular weight is 311 g/mol. The van der Waals surface area contributed by atoms with Gasteiger partial charge in [0.2, 0.25) is 11.7 Å². The molecule has 3 aromatic heterocycles. The van der Waals surface area contributed by atoms with Crippen molar-refractivity contribution in [3.05, 3.63) is 36.5 Å². The summed E-state index contributed by atoms with van der Waals surface area (Å²) in [6, 6.07) is 5.87. The molecule has 7 heteroatoms. The lowest BCUT2D eigenvalue weighted by molar-refractivity contribution is 0.00198. The van der Waals surface area contributed by atoms with Crippen molar-refractivity contribution in [2.75, 3.05) is 26.3 Å². The molecule has 2 atom stereocenters. The molecule has 0 spiro atoms. The molecule has 0 amide bonds. The molecule has 23 heavy (non-hydrogen) atoms. The van der Waals surface area contributed by atoms with Crippen molar-refractivity contribution in [3.63, 3.8) is 0 Å². The third-order valence-corrected chi connectivity index (χ3v) is 5.08. The maximum absolute atomic E-state index is 5.73. The zero-order valence-electron chi connectivity index (χ0n) is 12.6. The number of hydrogen-bond donors (Lipinski definition) is 1. The Kier molecular flexibility index (Phi) is 2.80. The Bertz CT molecular complexity index is 857. The van der Waals surface area contributed by atoms with E-state index in [-0.39, 0.29) is 5.41 Å². The molecule has 5 heterocycles. The second kappa shape index (κ2) is 4.87. The van der Waals surface area contributed by atoms with Crippen LogP contribution in [0.5, 0.6) is 0 Å². The lowest BCUT2D eigenvalue weighted by Gasteiger charge is -2.34. The predicted molar refractivity (Wildman–Crippen MR) is 82.0 cm³/mol. The van der Waals surface area contributed by atoms with E-state index in [1.165, 1.54) is 0 Å². The highest BCUT2D eigenvalue weighted by atomic mass is 16.5. The number of fused-ring (bicyclic) bond motifs is 2. The average Bonchev–Trinajstić information content (AvgIpc) is 3.31. The van der Waals surface area contributed by atoms with Crippen LogP contribution in [0, 0.1) is 5.92 Å². The van der Waals surface area contributed by atoms with Gasteiger partial charge < -0.3 is 14.6 Å². The van der Waals surface area contributed by atoms with Crippen molar-refractivity contribution in [3.8, 4) is 11.5 Å². The van der Waals surface area contributed by atoms with Crippen LogP contribution >= 0.6 is 0 Å². The first kappa shape index (κ1) is 13.2. The monoisotopic (exact) mass is 311 g/mol. The van der Waals surface area contributed by atoms with Gasteiger partial charge in [-0.3, -0.25) is 4.40 Å². The van der Waals surface area contributed by atoms with Crippen LogP contribution in [0.25, 0.3) is 17.2 Å². The maximum atomic E-state index is 5.73. The van der Waals surface area contributed by atoms with E-state index < -0.39 is 0 Å². The van der Waals surface area contributed by atoms with E-state index in [4.69, 9.17) is 14.2 Å². The molecule has 7 nitrogen and oxygen atoms in total. The van der Waals surface area contributed by atoms with Crippen LogP contribution in [0.4, 0.5) is 0 Å². The summed E-state index contributed by atoms with van der Waals surface area (Å²) in [5.74, 6) is 1.74. The van der Waals surface area contributed by atoms with Crippen LogP contribution in [0.2, 0.25) is 0 Å². The van der Waals surface area contributed by atoms with E-state index in [9.17, 15) is 0 Å². The minimum absolute atomic E-state index is 0.190. The van der Waals surface area contributed by atoms with Crippen molar-refractivity contribution in [1.82, 2.24) is 24.8 Å². The summed E-state index contributed by atoms with van der Waals surface area (Å²) < 4.78 is 13.4. The first-order valence-electron chi connectivity index (χ1n) is 7.92. The van der Waals surface area contributed by atoms with Gasteiger partial charge in [-0.2, -0.15) is 4.98 Å². The molecule has 0 aromatic carbocycles. The second-order valence-corrected chi connectivity index (χ2v) is 6.32. The fourth-order valence-corrected chi connectivity index (χ4v) is 3.78. The van der Waals surface area contributed by atoms with Gasteiger partial charge in [0.25, 0.3) is 0 Å². The second-order valence-electron chi connectivity index (χ2n) is 6.32. The highest BCUT2D eigenvalue weighted by Gasteiger charge is 2.50. The van der Waals surface area contributed by atoms with E-state index in [0.29, 0.717) is 24.2 Å². The number of hydrogen-bond acceptors (Lipinski definition) is 6. The van der Waals surface area contributed by atoms with Crippen LogP contribution in [0.15, 0.2) is 35.1 Å². The van der Waals surface area contributed by atoms with E-state index in [0.717, 1.165) is 37.5 Å². The summed E-state index contributed by atoms with van der Waals surface area (Å²) in [5, 5.41) is 7.66. The van der Waals surface area contributed by atoms with Crippen LogP contribution in [0.3, 0.4) is 0 Å². The minimum atomic E-state index is -0.190. The van der Waals surface area contributed by atoms with Gasteiger partial charge in [0.15, 0.2) is 0 Å². The van der Waals surface area contributed by atoms with Gasteiger partial charge >= 0.3 is 0 Å². The molecule has 2 fully saturated rings. The van der Waals surface area contributed by atoms with E-state index in [2.05, 4.69) is 15.5 Å². The molecule has 0 radical (unpaired) electrons. The Labute approximate surface area is 132 Å². The number of aromatic nitrogens is 4. The number of nitrogens with zero attached hydrogens (tertiary/aromatic N) is 4. The van der Waals surface area contributed by atoms with Gasteiger partial charge in [-0.25, -0.2) is 4.98 Å². The summed E-state index contributed by atoms with van der Waals surface area (Å²) in [6.45, 7) is 3.25. The Balaban J connectivity index is 1.58. The zero-order chi connectivity index (χ0) is 15.3. The SMILES string of the molecule is c1ccn2c(-c3noc([C@]45CNC[C@H]4CCOC5)n3)cnc2c1. The molecule has 1 N–H and O–H groups in total. The smallest absolute Gasteiger partial charge is 0.237 e. The summed E-state index contributed by atoms with van der Waals surface area (Å²) in [6.07, 6.45) is 4.76. The molecule has 0 unspecified atom stereocenters. The lowest BCUT2D eigenvalue weighted by Crippen LogP contribution is -2.44. The molecule has 0 saturated carbocycles. The summed E-state index contributed by atoms with van der Waals surface area (Å²) in [7, 11) is 0. The number of ether oxygens (including phenoxy) is 1. The van der Waals surface area contributed by atoms with Gasteiger partial charge in [-0.15, -0.1) is 0 Å². The van der Waals surface area contributed by atoms with Crippen LogP contribution in [-0.4, -0.2) is 45.8 Å². The molecule has 2 saturated heterocycles. The topological polar surface area (TPSA) is 77.5 Å². The van der Waals surface area contributed by atoms with Crippen LogP contribution in [-0.2, 0) is 10.2 Å². The minimum Gasteiger partial charge on any atom is -0.380 e. The first-order chi connectivity index (χ1) is 11.4. The normalized spacial score (nSPS) is 27.4. The number of rotatable bonds is 2. The maximum Gasteiger partial charge on any atom is 0.237 e. The molecular weight excluding hydrogens is 294 g/mol. The highest BCUT2D eigenvalue weighted by molar-refractivity contribution is 5.56. The van der Waals surface area contributed by atoms with Crippen molar-refractivity contribution in [1.29, 1.82) is 0 Å². The van der Waals surface area contributed by atoms with E-state index in [1.807, 2.05) is 28.8 Å². The number of imidazole rings is 1. The molecule has 2 aliphatic rings. The summed E-state index contributed by atoms with van der Waals surface area (Å²) >= 11 is 0. The quantitative estimate of drug-likeness (QED) is 0.768. The lowest BCUT2D eigenvalue weighted by atomic mass is 9.75. The molecule has 5 rings (SSSR count). The third kappa shape index (κ3) is 1.87. The predicted octanol–water partition coefficient (Wildman–Crippen LogP) is 1.26. The van der Waals surface area contributed by atoms with Crippen molar-refractivity contribution in [2.45, 2.75) is 11.8 Å². The molecule has 2 aliphatic heterocycles. The number of nitrogens with one attached hydrogen (secondary N) is 1. The van der Waals surface area contributed by atoms with E-state index in [1.54, 1.807) is 6.20 Å². The zero-order valence-corrected chi connectivity index (χ0v) is 12.6. The molecule has 3 aromatic rings. The standard InChI is InChI=1S/C16H17N5O2/c1-2-5-21-12(8-18-13(21)3-1)14-19-15(23-20-14)16-9-17-7-11(16)4-6-22-10-16/h1-3,5,8,11,17H,4,6-7,9-10H2/t11-,16+/m1/s1. The fraction of sp³-hybridized carbons (Fsp3) is 0.438.